The van der Waals surface area contributed by atoms with E-state index in [1.165, 1.54) is 19.2 Å². The van der Waals surface area contributed by atoms with E-state index in [0.29, 0.717) is 11.3 Å². The number of carbonyl (C=O) groups is 1. The number of nitrogens with zero attached hydrogens (tertiary/aromatic N) is 2. The zero-order valence-electron chi connectivity index (χ0n) is 15.9. The zero-order valence-corrected chi connectivity index (χ0v) is 15.9. The summed E-state index contributed by atoms with van der Waals surface area (Å²) < 4.78 is 5.07. The molecule has 1 N–H and O–H groups in total. The van der Waals surface area contributed by atoms with Gasteiger partial charge in [0.15, 0.2) is 5.75 Å². The number of benzene rings is 3. The SMILES string of the molecule is COc1cc(NC(=O)CN(C)c2ccc3ccccc3c2)c(C)cc1[N+](=O)[O-]. The van der Waals surface area contributed by atoms with Gasteiger partial charge in [0.05, 0.1) is 18.6 Å². The van der Waals surface area contributed by atoms with Crippen molar-refractivity contribution in [3.63, 3.8) is 0 Å². The largest absolute Gasteiger partial charge is 0.490 e. The highest BCUT2D eigenvalue weighted by molar-refractivity contribution is 5.95. The van der Waals surface area contributed by atoms with Crippen molar-refractivity contribution >= 4 is 33.7 Å². The standard InChI is InChI=1S/C21H21N3O4/c1-14-10-19(24(26)27)20(28-3)12-18(14)22-21(25)13-23(2)17-9-8-15-6-4-5-7-16(15)11-17/h4-12H,13H2,1-3H3,(H,22,25). The van der Waals surface area contributed by atoms with Crippen LogP contribution in [0.5, 0.6) is 5.75 Å². The number of nitro groups is 1. The molecule has 1 amide bonds. The van der Waals surface area contributed by atoms with E-state index in [0.717, 1.165) is 16.5 Å². The molecular weight excluding hydrogens is 358 g/mol. The number of nitrogens with one attached hydrogen (secondary N) is 1. The van der Waals surface area contributed by atoms with Crippen LogP contribution in [0, 0.1) is 17.0 Å². The molecule has 7 nitrogen and oxygen atoms in total. The third-order valence-corrected chi connectivity index (χ3v) is 4.55. The smallest absolute Gasteiger partial charge is 0.311 e. The van der Waals surface area contributed by atoms with E-state index >= 15 is 0 Å². The number of amides is 1. The number of hydrogen-bond acceptors (Lipinski definition) is 5. The molecule has 0 aliphatic heterocycles. The predicted molar refractivity (Wildman–Crippen MR) is 110 cm³/mol. The van der Waals surface area contributed by atoms with Crippen LogP contribution in [0.3, 0.4) is 0 Å². The van der Waals surface area contributed by atoms with Gasteiger partial charge >= 0.3 is 5.69 Å². The maximum absolute atomic E-state index is 12.5. The molecule has 0 saturated carbocycles. The number of anilines is 2. The number of likely N-dealkylation sites (N-methyl/N-ethyl adjacent to an activating group) is 1. The van der Waals surface area contributed by atoms with Crippen LogP contribution in [0.2, 0.25) is 0 Å². The van der Waals surface area contributed by atoms with E-state index in [2.05, 4.69) is 5.32 Å². The summed E-state index contributed by atoms with van der Waals surface area (Å²) in [6, 6.07) is 16.9. The van der Waals surface area contributed by atoms with Crippen molar-refractivity contribution in [2.45, 2.75) is 6.92 Å². The molecule has 0 heterocycles. The van der Waals surface area contributed by atoms with Gasteiger partial charge in [-0.05, 0) is 35.4 Å². The van der Waals surface area contributed by atoms with Gasteiger partial charge in [-0.3, -0.25) is 14.9 Å². The Morgan fingerprint density at radius 1 is 1.14 bits per heavy atom. The van der Waals surface area contributed by atoms with Crippen molar-refractivity contribution in [3.05, 3.63) is 70.3 Å². The number of rotatable bonds is 6. The minimum absolute atomic E-state index is 0.105. The van der Waals surface area contributed by atoms with Crippen LogP contribution in [0.1, 0.15) is 5.56 Å². The summed E-state index contributed by atoms with van der Waals surface area (Å²) in [5.41, 5.74) is 1.87. The quantitative estimate of drug-likeness (QED) is 0.514. The topological polar surface area (TPSA) is 84.7 Å². The van der Waals surface area contributed by atoms with Gasteiger partial charge in [0.25, 0.3) is 0 Å². The lowest BCUT2D eigenvalue weighted by molar-refractivity contribution is -0.385. The molecule has 7 heteroatoms. The Labute approximate surface area is 162 Å². The number of methoxy groups -OCH3 is 1. The summed E-state index contributed by atoms with van der Waals surface area (Å²) in [6.07, 6.45) is 0. The normalized spacial score (nSPS) is 10.5. The maximum Gasteiger partial charge on any atom is 0.311 e. The molecule has 0 bridgehead atoms. The van der Waals surface area contributed by atoms with Crippen LogP contribution in [-0.2, 0) is 4.79 Å². The van der Waals surface area contributed by atoms with E-state index in [1.807, 2.05) is 54.4 Å². The monoisotopic (exact) mass is 379 g/mol. The van der Waals surface area contributed by atoms with Crippen molar-refractivity contribution in [1.29, 1.82) is 0 Å². The van der Waals surface area contributed by atoms with Gasteiger partial charge < -0.3 is 15.0 Å². The first kappa shape index (κ1) is 19.2. The van der Waals surface area contributed by atoms with E-state index in [1.54, 1.807) is 6.92 Å². The lowest BCUT2D eigenvalue weighted by atomic mass is 10.1. The highest BCUT2D eigenvalue weighted by Gasteiger charge is 2.18. The van der Waals surface area contributed by atoms with Gasteiger partial charge in [-0.1, -0.05) is 30.3 Å². The fourth-order valence-electron chi connectivity index (χ4n) is 3.02. The van der Waals surface area contributed by atoms with Crippen molar-refractivity contribution in [2.24, 2.45) is 0 Å². The van der Waals surface area contributed by atoms with Gasteiger partial charge in [-0.2, -0.15) is 0 Å². The Bertz CT molecular complexity index is 1050. The van der Waals surface area contributed by atoms with Gasteiger partial charge in [-0.15, -0.1) is 0 Å². The molecule has 0 aliphatic carbocycles. The molecule has 0 radical (unpaired) electrons. The average Bonchev–Trinajstić information content (AvgIpc) is 2.68. The van der Waals surface area contributed by atoms with E-state index in [9.17, 15) is 14.9 Å². The molecule has 0 fully saturated rings. The fourth-order valence-corrected chi connectivity index (χ4v) is 3.02. The predicted octanol–water partition coefficient (Wildman–Crippen LogP) is 4.14. The van der Waals surface area contributed by atoms with Crippen LogP contribution in [0.15, 0.2) is 54.6 Å². The van der Waals surface area contributed by atoms with Crippen molar-refractivity contribution in [2.75, 3.05) is 30.9 Å². The van der Waals surface area contributed by atoms with Crippen LogP contribution in [0.25, 0.3) is 10.8 Å². The lowest BCUT2D eigenvalue weighted by Crippen LogP contribution is -2.30. The number of hydrogen-bond donors (Lipinski definition) is 1. The first-order chi connectivity index (χ1) is 13.4. The second-order valence-electron chi connectivity index (χ2n) is 6.53. The molecule has 0 spiro atoms. The molecule has 0 aliphatic rings. The van der Waals surface area contributed by atoms with Gasteiger partial charge in [0.2, 0.25) is 5.91 Å². The molecule has 0 atom stereocenters. The number of carbonyl (C=O) groups excluding carboxylic acids is 1. The summed E-state index contributed by atoms with van der Waals surface area (Å²) in [5.74, 6) is -0.122. The molecule has 144 valence electrons. The summed E-state index contributed by atoms with van der Waals surface area (Å²) in [5, 5.41) is 16.1. The minimum Gasteiger partial charge on any atom is -0.490 e. The molecule has 3 rings (SSSR count). The second kappa shape index (κ2) is 7.96. The molecular formula is C21H21N3O4. The molecule has 3 aromatic carbocycles. The van der Waals surface area contributed by atoms with Gasteiger partial charge in [0.1, 0.15) is 0 Å². The number of nitro benzene ring substituents is 1. The summed E-state index contributed by atoms with van der Waals surface area (Å²) in [7, 11) is 3.20. The third-order valence-electron chi connectivity index (χ3n) is 4.55. The van der Waals surface area contributed by atoms with E-state index in [-0.39, 0.29) is 23.9 Å². The zero-order chi connectivity index (χ0) is 20.3. The third kappa shape index (κ3) is 4.03. The molecule has 0 aromatic heterocycles. The van der Waals surface area contributed by atoms with Crippen LogP contribution < -0.4 is 15.0 Å². The summed E-state index contributed by atoms with van der Waals surface area (Å²) in [6.45, 7) is 1.84. The summed E-state index contributed by atoms with van der Waals surface area (Å²) in [4.78, 5) is 24.9. The van der Waals surface area contributed by atoms with E-state index < -0.39 is 4.92 Å². The average molecular weight is 379 g/mol. The van der Waals surface area contributed by atoms with Crippen molar-refractivity contribution in [1.82, 2.24) is 0 Å². The number of aryl methyl sites for hydroxylation is 1. The Morgan fingerprint density at radius 3 is 2.54 bits per heavy atom. The van der Waals surface area contributed by atoms with Crippen LogP contribution in [0.4, 0.5) is 17.1 Å². The second-order valence-corrected chi connectivity index (χ2v) is 6.53. The first-order valence-corrected chi connectivity index (χ1v) is 8.72. The Morgan fingerprint density at radius 2 is 1.86 bits per heavy atom. The first-order valence-electron chi connectivity index (χ1n) is 8.72. The Kier molecular flexibility index (Phi) is 5.44. The lowest BCUT2D eigenvalue weighted by Gasteiger charge is -2.20. The number of ether oxygens (including phenoxy) is 1. The molecule has 0 unspecified atom stereocenters. The van der Waals surface area contributed by atoms with Gasteiger partial charge in [-0.25, -0.2) is 0 Å². The van der Waals surface area contributed by atoms with Crippen molar-refractivity contribution in [3.8, 4) is 5.75 Å². The Balaban J connectivity index is 1.75. The number of fused-ring (bicyclic) bond motifs is 1. The molecule has 3 aromatic rings. The minimum atomic E-state index is -0.509. The van der Waals surface area contributed by atoms with Crippen LogP contribution >= 0.6 is 0 Å². The highest BCUT2D eigenvalue weighted by atomic mass is 16.6. The van der Waals surface area contributed by atoms with Crippen LogP contribution in [-0.4, -0.2) is 31.5 Å². The summed E-state index contributed by atoms with van der Waals surface area (Å²) >= 11 is 0. The molecule has 28 heavy (non-hydrogen) atoms. The van der Waals surface area contributed by atoms with Crippen molar-refractivity contribution < 1.29 is 14.5 Å². The highest BCUT2D eigenvalue weighted by Crippen LogP contribution is 2.32. The fraction of sp³-hybridized carbons (Fsp3) is 0.190. The maximum atomic E-state index is 12.5. The Hall–Kier alpha value is -3.61. The molecule has 0 saturated heterocycles. The van der Waals surface area contributed by atoms with E-state index in [4.69, 9.17) is 4.74 Å². The van der Waals surface area contributed by atoms with Gasteiger partial charge in [0, 0.05) is 30.6 Å².